The van der Waals surface area contributed by atoms with Gasteiger partial charge in [-0.1, -0.05) is 24.3 Å². The van der Waals surface area contributed by atoms with Crippen molar-refractivity contribution in [2.75, 3.05) is 48.1 Å². The van der Waals surface area contributed by atoms with E-state index in [1.165, 1.54) is 42.5 Å². The van der Waals surface area contributed by atoms with Crippen molar-refractivity contribution in [2.24, 2.45) is 13.0 Å². The molecule has 4 amide bonds. The minimum absolute atomic E-state index is 0.0555. The van der Waals surface area contributed by atoms with E-state index < -0.39 is 57.4 Å². The molecule has 6 aromatic rings. The molecule has 0 spiro atoms. The van der Waals surface area contributed by atoms with Crippen LogP contribution in [0, 0.1) is 11.7 Å². The number of aryl methyl sites for hydroxylation is 1. The van der Waals surface area contributed by atoms with Crippen molar-refractivity contribution in [2.45, 2.75) is 63.0 Å². The second kappa shape index (κ2) is 18.2. The Morgan fingerprint density at radius 1 is 0.929 bits per heavy atom. The van der Waals surface area contributed by atoms with Gasteiger partial charge >= 0.3 is 5.76 Å². The Labute approximate surface area is 399 Å². The molecule has 3 fully saturated rings. The number of anilines is 3. The summed E-state index contributed by atoms with van der Waals surface area (Å²) in [6.45, 7) is 5.64. The van der Waals surface area contributed by atoms with Crippen molar-refractivity contribution in [3.63, 3.8) is 0 Å². The Kier molecular flexibility index (Phi) is 12.1. The number of hydrogen-bond donors (Lipinski definition) is 3. The Hall–Kier alpha value is -7.33. The maximum absolute atomic E-state index is 13.8. The number of likely N-dealkylation sites (tertiary alicyclic amines) is 1. The van der Waals surface area contributed by atoms with Crippen molar-refractivity contribution in [1.29, 1.82) is 0 Å². The highest BCUT2D eigenvalue weighted by Gasteiger charge is 2.46. The van der Waals surface area contributed by atoms with Crippen LogP contribution in [0.3, 0.4) is 0 Å². The first kappa shape index (κ1) is 46.4. The lowest BCUT2D eigenvalue weighted by molar-refractivity contribution is -0.136. The van der Waals surface area contributed by atoms with E-state index in [2.05, 4.69) is 20.1 Å². The van der Waals surface area contributed by atoms with Gasteiger partial charge in [0.25, 0.3) is 21.8 Å². The minimum atomic E-state index is -5.07. The number of carbonyl (C=O) groups is 4. The van der Waals surface area contributed by atoms with Gasteiger partial charge in [-0.3, -0.25) is 43.5 Å². The second-order valence-corrected chi connectivity index (χ2v) is 19.8. The smallest absolute Gasteiger partial charge is 0.355 e. The molecule has 0 saturated carbocycles. The van der Waals surface area contributed by atoms with E-state index in [-0.39, 0.29) is 41.7 Å². The van der Waals surface area contributed by atoms with Crippen LogP contribution < -0.4 is 25.4 Å². The first-order valence-corrected chi connectivity index (χ1v) is 24.4. The lowest BCUT2D eigenvalue weighted by Crippen LogP contribution is -2.54. The van der Waals surface area contributed by atoms with Crippen molar-refractivity contribution >= 4 is 61.7 Å². The number of nitrogens with two attached hydrogens (primary N) is 1. The van der Waals surface area contributed by atoms with E-state index in [0.29, 0.717) is 63.5 Å². The molecule has 7 heterocycles. The quantitative estimate of drug-likeness (QED) is 0.115. The summed E-state index contributed by atoms with van der Waals surface area (Å²) < 4.78 is 76.9. The molecule has 3 aromatic heterocycles. The molecular weight excluding hydrogens is 932 g/mol. The zero-order valence-electron chi connectivity index (χ0n) is 38.0. The van der Waals surface area contributed by atoms with Crippen molar-refractivity contribution in [3.05, 3.63) is 102 Å². The minimum Gasteiger partial charge on any atom is -0.484 e. The molecule has 3 aromatic carbocycles. The zero-order chi connectivity index (χ0) is 49.2. The summed E-state index contributed by atoms with van der Waals surface area (Å²) in [5, 5.41) is 12.3. The molecular formula is C48H48F3N11O7S. The lowest BCUT2D eigenvalue weighted by atomic mass is 10.0. The first-order valence-electron chi connectivity index (χ1n) is 22.9. The molecule has 0 bridgehead atoms. The number of aromatic nitrogens is 5. The summed E-state index contributed by atoms with van der Waals surface area (Å²) in [6, 6.07) is 14.1. The molecule has 4 aliphatic heterocycles. The van der Waals surface area contributed by atoms with Crippen LogP contribution >= 0.6 is 0 Å². The number of nitrogens with one attached hydrogen (secondary N) is 2. The number of piperidine rings is 2. The first-order chi connectivity index (χ1) is 33.5. The Balaban J connectivity index is 0.819. The van der Waals surface area contributed by atoms with Gasteiger partial charge in [-0.25, -0.2) is 17.8 Å². The molecule has 4 aliphatic rings. The second-order valence-electron chi connectivity index (χ2n) is 18.2. The Morgan fingerprint density at radius 3 is 2.44 bits per heavy atom. The fourth-order valence-electron chi connectivity index (χ4n) is 10.2. The highest BCUT2D eigenvalue weighted by molar-refractivity contribution is 7.93. The topological polar surface area (TPSA) is 220 Å². The number of fused-ring (bicyclic) bond motifs is 2. The number of rotatable bonds is 13. The number of carbonyl (C=O) groups excluding carboxylic acids is 4. The molecule has 18 nitrogen and oxygen atoms in total. The van der Waals surface area contributed by atoms with Crippen LogP contribution in [0.5, 0.6) is 5.75 Å². The summed E-state index contributed by atoms with van der Waals surface area (Å²) in [4.78, 5) is 61.7. The molecule has 3 saturated heterocycles. The predicted octanol–water partition coefficient (Wildman–Crippen LogP) is 5.89. The zero-order valence-corrected chi connectivity index (χ0v) is 38.8. The standard InChI is InChI=1S/C48H48F3N11O7S/c1-26(28-6-9-31(49)10-7-28)69-38-20-29(8-11-35(38)57-70(67,68)48(50)51)42-41-43(58(2)56-42)34(22-53-44(41)52)30-21-54-61(25-30)32-15-17-59(18-16-32)23-27-14-19-60(24-27)36-5-3-4-33-40(36)47(66)62(46(33)65)37-12-13-39(63)55-45(37)64/h3-11,20-22,25-27,32,37,48,57H,12-19,23-24H2,1-2H3,(H2,52,53)(H,55,63,64)/t26-,27?,37?/m0/s1. The van der Waals surface area contributed by atoms with Gasteiger partial charge in [-0.2, -0.15) is 19.0 Å². The van der Waals surface area contributed by atoms with E-state index in [0.717, 1.165) is 49.4 Å². The molecule has 0 aliphatic carbocycles. The highest BCUT2D eigenvalue weighted by atomic mass is 32.2. The number of imide groups is 2. The third-order valence-corrected chi connectivity index (χ3v) is 14.7. The number of hydrogen-bond acceptors (Lipinski definition) is 13. The SMILES string of the molecule is C[C@H](Oc1cc(-c2nn(C)c3c(-c4cnn(C5CCN(CC6CCN(c7cccc8c7C(=O)N(C7CCC(=O)NC7=O)C8=O)C6)CC5)c4)cnc(N)c23)ccc1NS(=O)(=O)C(F)F)c1ccc(F)cc1. The lowest BCUT2D eigenvalue weighted by Gasteiger charge is -2.33. The van der Waals surface area contributed by atoms with E-state index in [4.69, 9.17) is 20.7 Å². The van der Waals surface area contributed by atoms with Crippen LogP contribution in [-0.4, -0.2) is 111 Å². The Bertz CT molecular complexity index is 3190. The van der Waals surface area contributed by atoms with Gasteiger partial charge in [0, 0.05) is 75.3 Å². The molecule has 10 rings (SSSR count). The van der Waals surface area contributed by atoms with Crippen LogP contribution in [0.1, 0.15) is 77.5 Å². The molecule has 4 N–H and O–H groups in total. The van der Waals surface area contributed by atoms with Crippen molar-refractivity contribution in [3.8, 4) is 28.1 Å². The predicted molar refractivity (Wildman–Crippen MR) is 252 cm³/mol. The molecule has 70 heavy (non-hydrogen) atoms. The van der Waals surface area contributed by atoms with Gasteiger partial charge in [0.15, 0.2) is 0 Å². The maximum Gasteiger partial charge on any atom is 0.355 e. The maximum atomic E-state index is 13.8. The summed E-state index contributed by atoms with van der Waals surface area (Å²) in [7, 11) is -3.32. The number of alkyl halides is 2. The number of nitrogens with zero attached hydrogens (tertiary/aromatic N) is 8. The fraction of sp³-hybridized carbons (Fsp3) is 0.354. The van der Waals surface area contributed by atoms with Crippen molar-refractivity contribution < 1.29 is 45.5 Å². The van der Waals surface area contributed by atoms with Crippen LogP contribution in [0.4, 0.5) is 30.4 Å². The number of pyridine rings is 1. The molecule has 0 radical (unpaired) electrons. The summed E-state index contributed by atoms with van der Waals surface area (Å²) in [5.74, 6) is -5.83. The fourth-order valence-corrected chi connectivity index (χ4v) is 10.7. The highest BCUT2D eigenvalue weighted by Crippen LogP contribution is 2.42. The van der Waals surface area contributed by atoms with Crippen LogP contribution in [-0.2, 0) is 26.7 Å². The average Bonchev–Trinajstić information content (AvgIpc) is 4.14. The largest absolute Gasteiger partial charge is 0.484 e. The Morgan fingerprint density at radius 2 is 1.70 bits per heavy atom. The molecule has 22 heteroatoms. The van der Waals surface area contributed by atoms with Crippen LogP contribution in [0.2, 0.25) is 0 Å². The third kappa shape index (κ3) is 8.58. The van der Waals surface area contributed by atoms with Gasteiger partial charge in [0.2, 0.25) is 11.8 Å². The van der Waals surface area contributed by atoms with Gasteiger partial charge in [0.1, 0.15) is 35.2 Å². The summed E-state index contributed by atoms with van der Waals surface area (Å²) in [5.41, 5.74) is 11.1. The van der Waals surface area contributed by atoms with Gasteiger partial charge < -0.3 is 20.3 Å². The van der Waals surface area contributed by atoms with E-state index >= 15 is 0 Å². The van der Waals surface area contributed by atoms with Crippen LogP contribution in [0.25, 0.3) is 33.3 Å². The monoisotopic (exact) mass is 979 g/mol. The number of halogens is 3. The van der Waals surface area contributed by atoms with Crippen molar-refractivity contribution in [1.82, 2.24) is 39.7 Å². The average molecular weight is 980 g/mol. The molecule has 2 unspecified atom stereocenters. The third-order valence-electron chi connectivity index (χ3n) is 13.7. The van der Waals surface area contributed by atoms with E-state index in [1.807, 2.05) is 21.7 Å². The number of benzene rings is 3. The normalized spacial score (nSPS) is 19.6. The number of amides is 4. The number of ether oxygens (including phenoxy) is 1. The van der Waals surface area contributed by atoms with Crippen LogP contribution in [0.15, 0.2) is 79.3 Å². The van der Waals surface area contributed by atoms with Gasteiger partial charge in [-0.05, 0) is 80.5 Å². The van der Waals surface area contributed by atoms with E-state index in [1.54, 1.807) is 43.2 Å². The van der Waals surface area contributed by atoms with E-state index in [9.17, 15) is 40.8 Å². The summed E-state index contributed by atoms with van der Waals surface area (Å²) >= 11 is 0. The molecule has 364 valence electrons. The number of sulfonamides is 1. The van der Waals surface area contributed by atoms with Gasteiger partial charge in [-0.15, -0.1) is 0 Å². The van der Waals surface area contributed by atoms with Gasteiger partial charge in [0.05, 0.1) is 45.6 Å². The number of nitrogen functional groups attached to an aromatic ring is 1. The molecule has 3 atom stereocenters. The summed E-state index contributed by atoms with van der Waals surface area (Å²) in [6.07, 6.45) is 7.43.